The van der Waals surface area contributed by atoms with E-state index in [0.717, 1.165) is 11.4 Å². The van der Waals surface area contributed by atoms with Crippen molar-refractivity contribution in [3.63, 3.8) is 0 Å². The van der Waals surface area contributed by atoms with Gasteiger partial charge in [0.05, 0.1) is 23.6 Å². The predicted octanol–water partition coefficient (Wildman–Crippen LogP) is 2.93. The Morgan fingerprint density at radius 2 is 1.94 bits per heavy atom. The zero-order valence-electron chi connectivity index (χ0n) is 18.5. The molecule has 1 aliphatic rings. The monoisotopic (exact) mass is 436 g/mol. The molecule has 2 amide bonds. The maximum atomic E-state index is 14.5. The van der Waals surface area contributed by atoms with Crippen molar-refractivity contribution >= 4 is 23.5 Å². The average molecular weight is 436 g/mol. The molecule has 32 heavy (non-hydrogen) atoms. The second-order valence-corrected chi connectivity index (χ2v) is 8.08. The fourth-order valence-electron chi connectivity index (χ4n) is 3.85. The first-order valence-electron chi connectivity index (χ1n) is 10.3. The Bertz CT molecular complexity index is 1200. The van der Waals surface area contributed by atoms with E-state index >= 15 is 0 Å². The summed E-state index contributed by atoms with van der Waals surface area (Å²) in [6, 6.07) is 10.2. The maximum Gasteiger partial charge on any atom is 0.238 e. The molecule has 0 saturated heterocycles. The van der Waals surface area contributed by atoms with Gasteiger partial charge in [-0.25, -0.2) is 9.37 Å². The quantitative estimate of drug-likeness (QED) is 0.665. The number of hydrogen-bond acceptors (Lipinski definition) is 5. The number of nitrogens with one attached hydrogen (secondary N) is 1. The van der Waals surface area contributed by atoms with E-state index in [1.54, 1.807) is 36.0 Å². The van der Waals surface area contributed by atoms with Crippen LogP contribution in [0.3, 0.4) is 0 Å². The van der Waals surface area contributed by atoms with Crippen molar-refractivity contribution in [2.45, 2.75) is 20.4 Å². The number of aryl methyl sites for hydroxylation is 1. The first-order chi connectivity index (χ1) is 15.2. The van der Waals surface area contributed by atoms with Crippen LogP contribution in [-0.4, -0.2) is 58.4 Å². The van der Waals surface area contributed by atoms with E-state index in [0.29, 0.717) is 36.0 Å². The summed E-state index contributed by atoms with van der Waals surface area (Å²) in [5.41, 5.74) is 3.59. The third-order valence-electron chi connectivity index (χ3n) is 5.22. The van der Waals surface area contributed by atoms with E-state index in [2.05, 4.69) is 10.3 Å². The van der Waals surface area contributed by atoms with Gasteiger partial charge >= 0.3 is 0 Å². The van der Waals surface area contributed by atoms with Gasteiger partial charge in [0, 0.05) is 31.3 Å². The number of carbonyl (C=O) groups excluding carboxylic acids is 2. The summed E-state index contributed by atoms with van der Waals surface area (Å²) in [4.78, 5) is 37.0. The summed E-state index contributed by atoms with van der Waals surface area (Å²) >= 11 is 0. The molecule has 1 aromatic carbocycles. The van der Waals surface area contributed by atoms with Crippen molar-refractivity contribution in [2.24, 2.45) is 0 Å². The lowest BCUT2D eigenvalue weighted by atomic mass is 10.1. The molecule has 0 radical (unpaired) electrons. The Morgan fingerprint density at radius 3 is 2.62 bits per heavy atom. The van der Waals surface area contributed by atoms with Gasteiger partial charge in [-0.05, 0) is 51.4 Å². The van der Waals surface area contributed by atoms with Gasteiger partial charge in [0.15, 0.2) is 0 Å². The SMILES string of the molecule is CC(=O)N1CCn2c1nc(-c1cccc(C)n1)c2-c1ccc(F)c(NC(=O)CN(C)C)c1. The number of halogens is 1. The second-order valence-electron chi connectivity index (χ2n) is 8.08. The van der Waals surface area contributed by atoms with Gasteiger partial charge in [0.1, 0.15) is 11.5 Å². The Hall–Kier alpha value is -3.59. The third-order valence-corrected chi connectivity index (χ3v) is 5.22. The number of nitrogens with zero attached hydrogens (tertiary/aromatic N) is 5. The predicted molar refractivity (Wildman–Crippen MR) is 121 cm³/mol. The first-order valence-corrected chi connectivity index (χ1v) is 10.3. The molecule has 9 heteroatoms. The van der Waals surface area contributed by atoms with Gasteiger partial charge in [-0.3, -0.25) is 19.5 Å². The Labute approximate surface area is 185 Å². The Morgan fingerprint density at radius 1 is 1.16 bits per heavy atom. The number of imidazole rings is 1. The van der Waals surface area contributed by atoms with Crippen molar-refractivity contribution in [1.29, 1.82) is 0 Å². The van der Waals surface area contributed by atoms with Crippen molar-refractivity contribution < 1.29 is 14.0 Å². The van der Waals surface area contributed by atoms with Gasteiger partial charge in [-0.15, -0.1) is 0 Å². The first kappa shape index (κ1) is 21.6. The van der Waals surface area contributed by atoms with E-state index in [1.807, 2.05) is 29.7 Å². The number of benzene rings is 1. The second kappa shape index (κ2) is 8.51. The topological polar surface area (TPSA) is 83.4 Å². The van der Waals surface area contributed by atoms with Gasteiger partial charge in [-0.2, -0.15) is 0 Å². The van der Waals surface area contributed by atoms with E-state index in [4.69, 9.17) is 4.98 Å². The fourth-order valence-corrected chi connectivity index (χ4v) is 3.85. The van der Waals surface area contributed by atoms with Crippen molar-refractivity contribution in [2.75, 3.05) is 37.4 Å². The highest BCUT2D eigenvalue weighted by molar-refractivity contribution is 5.95. The van der Waals surface area contributed by atoms with E-state index in [-0.39, 0.29) is 24.0 Å². The zero-order chi connectivity index (χ0) is 23.0. The number of likely N-dealkylation sites (N-methyl/N-ethyl adjacent to an activating group) is 1. The zero-order valence-corrected chi connectivity index (χ0v) is 18.5. The molecule has 0 bridgehead atoms. The minimum atomic E-state index is -0.525. The molecule has 166 valence electrons. The molecule has 0 spiro atoms. The summed E-state index contributed by atoms with van der Waals surface area (Å²) in [5.74, 6) is -0.399. The smallest absolute Gasteiger partial charge is 0.238 e. The van der Waals surface area contributed by atoms with Crippen molar-refractivity contribution in [3.8, 4) is 22.6 Å². The molecule has 1 N–H and O–H groups in total. The molecular formula is C23H25FN6O2. The highest BCUT2D eigenvalue weighted by Crippen LogP contribution is 2.38. The van der Waals surface area contributed by atoms with Gasteiger partial charge < -0.3 is 14.8 Å². The summed E-state index contributed by atoms with van der Waals surface area (Å²) < 4.78 is 16.5. The van der Waals surface area contributed by atoms with E-state index in [9.17, 15) is 14.0 Å². The highest BCUT2D eigenvalue weighted by Gasteiger charge is 2.31. The van der Waals surface area contributed by atoms with Gasteiger partial charge in [-0.1, -0.05) is 6.07 Å². The molecule has 1 aliphatic heterocycles. The number of rotatable bonds is 5. The number of anilines is 2. The van der Waals surface area contributed by atoms with Crippen molar-refractivity contribution in [3.05, 3.63) is 47.9 Å². The Kier molecular flexibility index (Phi) is 5.75. The normalized spacial score (nSPS) is 12.9. The number of hydrogen-bond donors (Lipinski definition) is 1. The van der Waals surface area contributed by atoms with E-state index in [1.165, 1.54) is 13.0 Å². The number of amides is 2. The van der Waals surface area contributed by atoms with Gasteiger partial charge in [0.25, 0.3) is 0 Å². The fraction of sp³-hybridized carbons (Fsp3) is 0.304. The van der Waals surface area contributed by atoms with Crippen LogP contribution in [0.4, 0.5) is 16.0 Å². The Balaban J connectivity index is 1.84. The van der Waals surface area contributed by atoms with Crippen LogP contribution in [0, 0.1) is 12.7 Å². The molecule has 0 unspecified atom stereocenters. The minimum Gasteiger partial charge on any atom is -0.322 e. The van der Waals surface area contributed by atoms with Crippen LogP contribution >= 0.6 is 0 Å². The lowest BCUT2D eigenvalue weighted by Crippen LogP contribution is -2.27. The standard InChI is InChI=1S/C23H25FN6O2/c1-14-6-5-7-18(25-14)21-22(30-11-10-29(15(2)31)23(30)27-21)16-8-9-17(24)19(12-16)26-20(32)13-28(3)4/h5-9,12H,10-11,13H2,1-4H3,(H,26,32). The maximum absolute atomic E-state index is 14.5. The number of pyridine rings is 1. The molecule has 0 aliphatic carbocycles. The highest BCUT2D eigenvalue weighted by atomic mass is 19.1. The summed E-state index contributed by atoms with van der Waals surface area (Å²) in [7, 11) is 3.54. The minimum absolute atomic E-state index is 0.0921. The summed E-state index contributed by atoms with van der Waals surface area (Å²) in [6.45, 7) is 4.61. The molecule has 8 nitrogen and oxygen atoms in total. The lowest BCUT2D eigenvalue weighted by Gasteiger charge is -2.13. The molecule has 4 rings (SSSR count). The van der Waals surface area contributed by atoms with Gasteiger partial charge in [0.2, 0.25) is 17.8 Å². The van der Waals surface area contributed by atoms with Crippen LogP contribution in [0.1, 0.15) is 12.6 Å². The van der Waals surface area contributed by atoms with Crippen LogP contribution in [0.2, 0.25) is 0 Å². The van der Waals surface area contributed by atoms with Crippen molar-refractivity contribution in [1.82, 2.24) is 19.4 Å². The van der Waals surface area contributed by atoms with Crippen LogP contribution in [0.15, 0.2) is 36.4 Å². The summed E-state index contributed by atoms with van der Waals surface area (Å²) in [5, 5.41) is 2.64. The molecular weight excluding hydrogens is 411 g/mol. The molecule has 2 aromatic heterocycles. The largest absolute Gasteiger partial charge is 0.322 e. The molecule has 0 fully saturated rings. The molecule has 0 atom stereocenters. The van der Waals surface area contributed by atoms with Crippen LogP contribution in [0.25, 0.3) is 22.6 Å². The van der Waals surface area contributed by atoms with E-state index < -0.39 is 5.82 Å². The lowest BCUT2D eigenvalue weighted by molar-refractivity contribution is -0.117. The molecule has 3 aromatic rings. The number of carbonyl (C=O) groups is 2. The molecule has 3 heterocycles. The summed E-state index contributed by atoms with van der Waals surface area (Å²) in [6.07, 6.45) is 0. The third kappa shape index (κ3) is 4.11. The number of aromatic nitrogens is 3. The molecule has 0 saturated carbocycles. The average Bonchev–Trinajstić information content (AvgIpc) is 3.28. The number of fused-ring (bicyclic) bond motifs is 1. The van der Waals surface area contributed by atoms with Crippen LogP contribution in [-0.2, 0) is 16.1 Å². The van der Waals surface area contributed by atoms with Crippen LogP contribution in [0.5, 0.6) is 0 Å². The van der Waals surface area contributed by atoms with Crippen LogP contribution < -0.4 is 10.2 Å².